The number of aliphatic carboxylic acids is 1. The molecule has 3 N–H and O–H groups in total. The van der Waals surface area contributed by atoms with Crippen molar-refractivity contribution in [2.45, 2.75) is 161 Å². The monoisotopic (exact) mass is 610 g/mol. The molecule has 0 radical (unpaired) electrons. The topological polar surface area (TPSA) is 132 Å². The zero-order chi connectivity index (χ0) is 32.3. The highest BCUT2D eigenvalue weighted by Gasteiger charge is 2.73. The fraction of sp³-hybridized carbons (Fsp3) is 0.941. The SMILES string of the molecule is CCC(C(=O)C(C)C(O)C(C)C1OC(O)(CC(=O)O)C(C)CC1C)C1OC(C)(C23OC(CC)C(CC)(CC2C)O3)CC1C. The van der Waals surface area contributed by atoms with Crippen molar-refractivity contribution in [1.29, 1.82) is 0 Å². The molecule has 0 amide bonds. The van der Waals surface area contributed by atoms with Gasteiger partial charge in [0, 0.05) is 29.6 Å². The third-order valence-electron chi connectivity index (χ3n) is 12.0. The Bertz CT molecular complexity index is 1040. The van der Waals surface area contributed by atoms with Crippen molar-refractivity contribution in [2.24, 2.45) is 41.4 Å². The first kappa shape index (κ1) is 34.8. The predicted molar refractivity (Wildman–Crippen MR) is 161 cm³/mol. The highest BCUT2D eigenvalue weighted by atomic mass is 16.8. The first-order valence-electron chi connectivity index (χ1n) is 16.8. The minimum absolute atomic E-state index is 0.0179. The van der Waals surface area contributed by atoms with Gasteiger partial charge in [-0.15, -0.1) is 0 Å². The van der Waals surface area contributed by atoms with E-state index >= 15 is 0 Å². The Morgan fingerprint density at radius 2 is 1.58 bits per heavy atom. The summed E-state index contributed by atoms with van der Waals surface area (Å²) >= 11 is 0. The second-order valence-corrected chi connectivity index (χ2v) is 15.0. The number of hydrogen-bond acceptors (Lipinski definition) is 8. The van der Waals surface area contributed by atoms with E-state index in [9.17, 15) is 24.9 Å². The minimum Gasteiger partial charge on any atom is -0.481 e. The van der Waals surface area contributed by atoms with Gasteiger partial charge in [-0.1, -0.05) is 62.3 Å². The van der Waals surface area contributed by atoms with Crippen LogP contribution in [0.3, 0.4) is 0 Å². The molecular formula is C34H58O9. The lowest BCUT2D eigenvalue weighted by atomic mass is 9.73. The smallest absolute Gasteiger partial charge is 0.308 e. The number of rotatable bonds is 12. The third kappa shape index (κ3) is 5.62. The molecule has 0 aromatic carbocycles. The summed E-state index contributed by atoms with van der Waals surface area (Å²) in [6.45, 7) is 20.0. The van der Waals surface area contributed by atoms with Crippen LogP contribution in [0, 0.1) is 41.4 Å². The molecule has 4 aliphatic heterocycles. The number of carboxylic acid groups (broad SMARTS) is 1. The van der Waals surface area contributed by atoms with Crippen LogP contribution >= 0.6 is 0 Å². The van der Waals surface area contributed by atoms with Crippen molar-refractivity contribution >= 4 is 11.8 Å². The molecule has 4 rings (SSSR count). The Labute approximate surface area is 258 Å². The highest BCUT2D eigenvalue weighted by molar-refractivity contribution is 5.84. The molecule has 4 heterocycles. The summed E-state index contributed by atoms with van der Waals surface area (Å²) in [6, 6.07) is 0. The third-order valence-corrected chi connectivity index (χ3v) is 12.0. The zero-order valence-corrected chi connectivity index (χ0v) is 28.1. The van der Waals surface area contributed by atoms with Gasteiger partial charge in [0.25, 0.3) is 0 Å². The molecule has 15 unspecified atom stereocenters. The summed E-state index contributed by atoms with van der Waals surface area (Å²) < 4.78 is 26.6. The Kier molecular flexibility index (Phi) is 9.91. The summed E-state index contributed by atoms with van der Waals surface area (Å²) in [5, 5.41) is 31.9. The second-order valence-electron chi connectivity index (χ2n) is 15.0. The van der Waals surface area contributed by atoms with Gasteiger partial charge >= 0.3 is 5.97 Å². The van der Waals surface area contributed by atoms with E-state index in [1.54, 1.807) is 13.8 Å². The van der Waals surface area contributed by atoms with Gasteiger partial charge in [-0.2, -0.15) is 0 Å². The number of aliphatic hydroxyl groups is 2. The van der Waals surface area contributed by atoms with Gasteiger partial charge in [-0.25, -0.2) is 0 Å². The summed E-state index contributed by atoms with van der Waals surface area (Å²) in [5.74, 6) is -5.66. The summed E-state index contributed by atoms with van der Waals surface area (Å²) in [7, 11) is 0. The van der Waals surface area contributed by atoms with Crippen LogP contribution < -0.4 is 0 Å². The van der Waals surface area contributed by atoms with E-state index in [-0.39, 0.29) is 47.3 Å². The van der Waals surface area contributed by atoms with E-state index in [0.29, 0.717) is 19.3 Å². The van der Waals surface area contributed by atoms with Gasteiger partial charge in [0.15, 0.2) is 5.79 Å². The van der Waals surface area contributed by atoms with Crippen molar-refractivity contribution in [3.63, 3.8) is 0 Å². The Hall–Kier alpha value is -1.10. The van der Waals surface area contributed by atoms with Crippen molar-refractivity contribution in [2.75, 3.05) is 0 Å². The van der Waals surface area contributed by atoms with E-state index in [0.717, 1.165) is 19.3 Å². The van der Waals surface area contributed by atoms with E-state index in [1.165, 1.54) is 0 Å². The molecule has 4 saturated heterocycles. The second kappa shape index (κ2) is 12.3. The standard InChI is InChI=1S/C34H58O9/c1-11-24(28(38)22(8)27(37)23(9)29-18(4)14-20(6)33(39,42-29)17-26(35)36)30-19(5)15-31(10,41-30)34-21(7)16-32(13-3,43-34)25(12-2)40-34/h18-25,27,29-30,37,39H,11-17H2,1-10H3,(H,35,36). The van der Waals surface area contributed by atoms with Gasteiger partial charge in [-0.3, -0.25) is 9.59 Å². The van der Waals surface area contributed by atoms with Crippen LogP contribution in [0.1, 0.15) is 114 Å². The molecule has 9 heteroatoms. The van der Waals surface area contributed by atoms with Crippen LogP contribution in [0.25, 0.3) is 0 Å². The predicted octanol–water partition coefficient (Wildman–Crippen LogP) is 5.33. The number of carbonyl (C=O) groups is 2. The van der Waals surface area contributed by atoms with E-state index in [2.05, 4.69) is 34.6 Å². The first-order chi connectivity index (χ1) is 19.9. The molecule has 0 aromatic rings. The van der Waals surface area contributed by atoms with E-state index in [1.807, 2.05) is 20.8 Å². The van der Waals surface area contributed by atoms with Crippen molar-refractivity contribution < 1.29 is 43.9 Å². The lowest BCUT2D eigenvalue weighted by Gasteiger charge is -2.47. The Balaban J connectivity index is 1.50. The number of ether oxygens (including phenoxy) is 4. The summed E-state index contributed by atoms with van der Waals surface area (Å²) in [4.78, 5) is 25.6. The Morgan fingerprint density at radius 1 is 0.930 bits per heavy atom. The van der Waals surface area contributed by atoms with Crippen molar-refractivity contribution in [1.82, 2.24) is 0 Å². The molecule has 43 heavy (non-hydrogen) atoms. The molecule has 4 fully saturated rings. The normalized spacial score (nSPS) is 47.3. The average Bonchev–Trinajstić information content (AvgIpc) is 3.56. The molecule has 0 saturated carbocycles. The maximum Gasteiger partial charge on any atom is 0.308 e. The molecule has 0 spiro atoms. The average molecular weight is 611 g/mol. The van der Waals surface area contributed by atoms with Crippen LogP contribution in [0.4, 0.5) is 0 Å². The van der Waals surface area contributed by atoms with Gasteiger partial charge in [0.05, 0.1) is 36.4 Å². The zero-order valence-electron chi connectivity index (χ0n) is 28.1. The van der Waals surface area contributed by atoms with Crippen molar-refractivity contribution in [3.8, 4) is 0 Å². The number of carboxylic acids is 1. The fourth-order valence-electron chi connectivity index (χ4n) is 9.46. The number of aliphatic hydroxyl groups excluding tert-OH is 1. The van der Waals surface area contributed by atoms with E-state index < -0.39 is 59.5 Å². The maximum atomic E-state index is 14.1. The molecule has 15 atom stereocenters. The molecule has 9 nitrogen and oxygen atoms in total. The number of fused-ring (bicyclic) bond motifs is 2. The summed E-state index contributed by atoms with van der Waals surface area (Å²) in [6.07, 6.45) is 2.03. The number of hydrogen-bond donors (Lipinski definition) is 3. The summed E-state index contributed by atoms with van der Waals surface area (Å²) in [5.41, 5.74) is -1.01. The first-order valence-corrected chi connectivity index (χ1v) is 16.8. The van der Waals surface area contributed by atoms with Gasteiger partial charge in [0.2, 0.25) is 5.79 Å². The van der Waals surface area contributed by atoms with E-state index in [4.69, 9.17) is 18.9 Å². The van der Waals surface area contributed by atoms with Gasteiger partial charge < -0.3 is 34.3 Å². The fourth-order valence-corrected chi connectivity index (χ4v) is 9.46. The molecule has 4 aliphatic rings. The lowest BCUT2D eigenvalue weighted by Crippen LogP contribution is -2.57. The maximum absolute atomic E-state index is 14.1. The van der Waals surface area contributed by atoms with Crippen LogP contribution in [-0.2, 0) is 28.5 Å². The molecular weight excluding hydrogens is 552 g/mol. The van der Waals surface area contributed by atoms with Gasteiger partial charge in [-0.05, 0) is 57.3 Å². The number of ketones is 1. The number of carbonyl (C=O) groups excluding carboxylic acids is 1. The molecule has 0 aliphatic carbocycles. The van der Waals surface area contributed by atoms with Crippen LogP contribution in [0.5, 0.6) is 0 Å². The van der Waals surface area contributed by atoms with Crippen LogP contribution in [-0.4, -0.2) is 74.3 Å². The van der Waals surface area contributed by atoms with Gasteiger partial charge in [0.1, 0.15) is 11.4 Å². The van der Waals surface area contributed by atoms with Crippen molar-refractivity contribution in [3.05, 3.63) is 0 Å². The molecule has 248 valence electrons. The molecule has 2 bridgehead atoms. The Morgan fingerprint density at radius 3 is 2.14 bits per heavy atom. The van der Waals surface area contributed by atoms with Crippen LogP contribution in [0.2, 0.25) is 0 Å². The minimum atomic E-state index is -1.82. The highest BCUT2D eigenvalue weighted by Crippen LogP contribution is 2.63. The van der Waals surface area contributed by atoms with Crippen LogP contribution in [0.15, 0.2) is 0 Å². The quantitative estimate of drug-likeness (QED) is 0.268. The lowest BCUT2D eigenvalue weighted by molar-refractivity contribution is -0.306. The molecule has 0 aromatic heterocycles. The number of Topliss-reactive ketones (excluding diaryl/α,β-unsaturated/α-hetero) is 1. The largest absolute Gasteiger partial charge is 0.481 e.